The van der Waals surface area contributed by atoms with Gasteiger partial charge in [0, 0.05) is 5.56 Å². The third-order valence-electron chi connectivity index (χ3n) is 3.32. The first-order valence-electron chi connectivity index (χ1n) is 6.64. The van der Waals surface area contributed by atoms with Gasteiger partial charge < -0.3 is 9.90 Å². The van der Waals surface area contributed by atoms with Crippen molar-refractivity contribution in [2.45, 2.75) is 6.92 Å². The van der Waals surface area contributed by atoms with Crippen molar-refractivity contribution in [1.29, 1.82) is 0 Å². The third-order valence-corrected chi connectivity index (χ3v) is 3.32. The second-order valence-electron chi connectivity index (χ2n) is 4.76. The number of anilines is 1. The van der Waals surface area contributed by atoms with E-state index in [0.29, 0.717) is 16.7 Å². The van der Waals surface area contributed by atoms with Crippen molar-refractivity contribution in [3.63, 3.8) is 0 Å². The summed E-state index contributed by atoms with van der Waals surface area (Å²) in [5.74, 6) is -0.889. The van der Waals surface area contributed by atoms with Gasteiger partial charge in [0.1, 0.15) is 5.82 Å². The van der Waals surface area contributed by atoms with E-state index in [1.54, 1.807) is 49.4 Å². The molecule has 6 nitrogen and oxygen atoms in total. The predicted molar refractivity (Wildman–Crippen MR) is 80.5 cm³/mol. The van der Waals surface area contributed by atoms with Crippen molar-refractivity contribution in [2.24, 2.45) is 0 Å². The molecule has 0 saturated carbocycles. The van der Waals surface area contributed by atoms with Crippen LogP contribution in [-0.2, 0) is 0 Å². The van der Waals surface area contributed by atoms with Gasteiger partial charge >= 0.3 is 0 Å². The minimum absolute atomic E-state index is 0.0260. The molecular formula is C16H12N3O3-. The molecule has 2 aromatic carbocycles. The molecule has 22 heavy (non-hydrogen) atoms. The number of carbonyl (C=O) groups excluding carboxylic acids is 1. The molecule has 1 heterocycles. The number of nitrogens with zero attached hydrogens (tertiary/aromatic N) is 2. The third kappa shape index (κ3) is 2.31. The lowest BCUT2D eigenvalue weighted by molar-refractivity contribution is -0.254. The maximum absolute atomic E-state index is 12.5. The highest BCUT2D eigenvalue weighted by molar-refractivity contribution is 5.92. The Kier molecular flexibility index (Phi) is 3.34. The average molecular weight is 294 g/mol. The van der Waals surface area contributed by atoms with Crippen LogP contribution in [0.1, 0.15) is 16.2 Å². The molecule has 110 valence electrons. The lowest BCUT2D eigenvalue weighted by Crippen LogP contribution is -2.31. The predicted octanol–water partition coefficient (Wildman–Crippen LogP) is 0.944. The first-order valence-corrected chi connectivity index (χ1v) is 6.64. The van der Waals surface area contributed by atoms with Crippen molar-refractivity contribution in [2.75, 3.05) is 5.43 Å². The number of para-hydroxylation sites is 2. The summed E-state index contributed by atoms with van der Waals surface area (Å²) in [6, 6.07) is 13.2. The van der Waals surface area contributed by atoms with Crippen LogP contribution in [0.15, 0.2) is 53.3 Å². The summed E-state index contributed by atoms with van der Waals surface area (Å²) in [4.78, 5) is 28.0. The van der Waals surface area contributed by atoms with Crippen molar-refractivity contribution in [1.82, 2.24) is 9.66 Å². The first-order chi connectivity index (χ1) is 10.6. The highest BCUT2D eigenvalue weighted by Gasteiger charge is 2.09. The fourth-order valence-electron chi connectivity index (χ4n) is 2.25. The van der Waals surface area contributed by atoms with E-state index >= 15 is 0 Å². The van der Waals surface area contributed by atoms with Gasteiger partial charge in [-0.2, -0.15) is 0 Å². The second-order valence-corrected chi connectivity index (χ2v) is 4.76. The van der Waals surface area contributed by atoms with E-state index in [1.807, 2.05) is 0 Å². The smallest absolute Gasteiger partial charge is 0.280 e. The van der Waals surface area contributed by atoms with E-state index in [4.69, 9.17) is 0 Å². The summed E-state index contributed by atoms with van der Waals surface area (Å²) in [7, 11) is 0. The molecule has 0 unspecified atom stereocenters. The number of fused-ring (bicyclic) bond motifs is 1. The zero-order chi connectivity index (χ0) is 15.7. The second kappa shape index (κ2) is 5.33. The van der Waals surface area contributed by atoms with Crippen LogP contribution in [0.4, 0.5) is 5.69 Å². The summed E-state index contributed by atoms with van der Waals surface area (Å²) in [5, 5.41) is 11.6. The van der Waals surface area contributed by atoms with Crippen LogP contribution in [0, 0.1) is 6.92 Å². The standard InChI is InChI=1S/C16H13N3O3/c1-10-17-13-8-4-2-6-11(13)15(20)19(10)18-14-9-5-3-7-12(14)16(21)22/h2-9,18H,1H3,(H,21,22)/p-1. The molecule has 0 aliphatic carbocycles. The van der Waals surface area contributed by atoms with E-state index in [0.717, 1.165) is 0 Å². The van der Waals surface area contributed by atoms with Crippen LogP contribution < -0.4 is 16.1 Å². The van der Waals surface area contributed by atoms with Gasteiger partial charge in [-0.3, -0.25) is 10.2 Å². The fourth-order valence-corrected chi connectivity index (χ4v) is 2.25. The lowest BCUT2D eigenvalue weighted by Gasteiger charge is -2.16. The van der Waals surface area contributed by atoms with Crippen LogP contribution >= 0.6 is 0 Å². The first kappa shape index (κ1) is 13.8. The number of nitrogens with one attached hydrogen (secondary N) is 1. The minimum Gasteiger partial charge on any atom is -0.545 e. The fraction of sp³-hybridized carbons (Fsp3) is 0.0625. The Morgan fingerprint density at radius 1 is 1.14 bits per heavy atom. The van der Waals surface area contributed by atoms with Crippen molar-refractivity contribution < 1.29 is 9.90 Å². The van der Waals surface area contributed by atoms with Crippen LogP contribution in [0.25, 0.3) is 10.9 Å². The van der Waals surface area contributed by atoms with E-state index < -0.39 is 5.97 Å². The summed E-state index contributed by atoms with van der Waals surface area (Å²) in [6.45, 7) is 1.67. The van der Waals surface area contributed by atoms with E-state index in [-0.39, 0.29) is 16.8 Å². The molecule has 0 aliphatic heterocycles. The van der Waals surface area contributed by atoms with Gasteiger partial charge in [-0.15, -0.1) is 0 Å². The molecule has 0 atom stereocenters. The molecule has 0 bridgehead atoms. The van der Waals surface area contributed by atoms with Crippen LogP contribution in [0.2, 0.25) is 0 Å². The molecule has 0 spiro atoms. The maximum Gasteiger partial charge on any atom is 0.280 e. The molecule has 0 saturated heterocycles. The number of aryl methyl sites for hydroxylation is 1. The lowest BCUT2D eigenvalue weighted by atomic mass is 10.2. The topological polar surface area (TPSA) is 87.0 Å². The van der Waals surface area contributed by atoms with Crippen molar-refractivity contribution >= 4 is 22.6 Å². The average Bonchev–Trinajstić information content (AvgIpc) is 2.51. The summed E-state index contributed by atoms with van der Waals surface area (Å²) < 4.78 is 1.23. The van der Waals surface area contributed by atoms with Crippen molar-refractivity contribution in [3.05, 3.63) is 70.3 Å². The number of hydrogen-bond donors (Lipinski definition) is 1. The molecule has 3 rings (SSSR count). The van der Waals surface area contributed by atoms with Gasteiger partial charge in [-0.25, -0.2) is 9.66 Å². The Morgan fingerprint density at radius 3 is 2.59 bits per heavy atom. The summed E-state index contributed by atoms with van der Waals surface area (Å²) >= 11 is 0. The van der Waals surface area contributed by atoms with E-state index in [9.17, 15) is 14.7 Å². The maximum atomic E-state index is 12.5. The van der Waals surface area contributed by atoms with Gasteiger partial charge in [-0.1, -0.05) is 30.3 Å². The number of aromatic nitrogens is 2. The molecule has 3 aromatic rings. The molecule has 6 heteroatoms. The van der Waals surface area contributed by atoms with Gasteiger partial charge in [0.15, 0.2) is 0 Å². The molecule has 0 radical (unpaired) electrons. The number of carboxylic acids is 1. The quantitative estimate of drug-likeness (QED) is 0.777. The van der Waals surface area contributed by atoms with Gasteiger partial charge in [0.25, 0.3) is 5.56 Å². The Hall–Kier alpha value is -3.15. The zero-order valence-electron chi connectivity index (χ0n) is 11.7. The van der Waals surface area contributed by atoms with Crippen LogP contribution in [0.5, 0.6) is 0 Å². The SMILES string of the molecule is Cc1nc2ccccc2c(=O)n1Nc1ccccc1C(=O)[O-]. The molecular weight excluding hydrogens is 282 g/mol. The number of aromatic carboxylic acids is 1. The molecule has 0 fully saturated rings. The highest BCUT2D eigenvalue weighted by Crippen LogP contribution is 2.15. The molecule has 0 amide bonds. The van der Waals surface area contributed by atoms with E-state index in [2.05, 4.69) is 10.4 Å². The number of rotatable bonds is 3. The van der Waals surface area contributed by atoms with Crippen LogP contribution in [0.3, 0.4) is 0 Å². The van der Waals surface area contributed by atoms with Crippen molar-refractivity contribution in [3.8, 4) is 0 Å². The van der Waals surface area contributed by atoms with Crippen LogP contribution in [-0.4, -0.2) is 15.6 Å². The summed E-state index contributed by atoms with van der Waals surface area (Å²) in [5.41, 5.74) is 3.34. The molecule has 1 aromatic heterocycles. The normalized spacial score (nSPS) is 10.6. The number of benzene rings is 2. The molecule has 0 aliphatic rings. The van der Waals surface area contributed by atoms with Gasteiger partial charge in [0.2, 0.25) is 0 Å². The Balaban J connectivity index is 2.16. The van der Waals surface area contributed by atoms with Gasteiger partial charge in [0.05, 0.1) is 22.6 Å². The number of hydrogen-bond acceptors (Lipinski definition) is 5. The largest absolute Gasteiger partial charge is 0.545 e. The Morgan fingerprint density at radius 2 is 1.82 bits per heavy atom. The van der Waals surface area contributed by atoms with Gasteiger partial charge in [-0.05, 0) is 25.1 Å². The number of carbonyl (C=O) groups is 1. The minimum atomic E-state index is -1.32. The summed E-state index contributed by atoms with van der Waals surface area (Å²) in [6.07, 6.45) is 0. The Bertz CT molecular complexity index is 931. The highest BCUT2D eigenvalue weighted by atomic mass is 16.4. The zero-order valence-corrected chi connectivity index (χ0v) is 11.7. The monoisotopic (exact) mass is 294 g/mol. The number of carboxylic acid groups (broad SMARTS) is 1. The molecule has 1 N–H and O–H groups in total. The van der Waals surface area contributed by atoms with E-state index in [1.165, 1.54) is 10.7 Å². The Labute approximate surface area is 125 Å².